The number of aromatic nitrogens is 4. The van der Waals surface area contributed by atoms with E-state index in [0.717, 1.165) is 37.1 Å². The van der Waals surface area contributed by atoms with Crippen molar-refractivity contribution < 1.29 is 4.79 Å². The van der Waals surface area contributed by atoms with Gasteiger partial charge in [-0.25, -0.2) is 0 Å². The average molecular weight is 431 g/mol. The third kappa shape index (κ3) is 3.77. The summed E-state index contributed by atoms with van der Waals surface area (Å²) in [5.41, 5.74) is 7.09. The van der Waals surface area contributed by atoms with Gasteiger partial charge in [0.25, 0.3) is 0 Å². The lowest BCUT2D eigenvalue weighted by Crippen LogP contribution is -2.40. The van der Waals surface area contributed by atoms with Crippen LogP contribution in [0.15, 0.2) is 42.9 Å². The zero-order chi connectivity index (χ0) is 22.2. The number of hydrogen-bond acceptors (Lipinski definition) is 4. The lowest BCUT2D eigenvalue weighted by atomic mass is 9.87. The number of H-pyrrole nitrogens is 1. The van der Waals surface area contributed by atoms with Crippen LogP contribution >= 0.6 is 0 Å². The number of carbonyl (C=O) groups excluding carboxylic acids is 1. The Kier molecular flexibility index (Phi) is 5.43. The summed E-state index contributed by atoms with van der Waals surface area (Å²) in [6.07, 6.45) is 6.00. The Balaban J connectivity index is 1.46. The Labute approximate surface area is 187 Å². The molecule has 4 aromatic rings. The number of pyridine rings is 1. The first kappa shape index (κ1) is 20.7. The monoisotopic (exact) mass is 430 g/mol. The minimum atomic E-state index is 0.0935. The van der Waals surface area contributed by atoms with Crippen molar-refractivity contribution >= 4 is 22.5 Å². The van der Waals surface area contributed by atoms with E-state index in [2.05, 4.69) is 69.7 Å². The summed E-state index contributed by atoms with van der Waals surface area (Å²) in [6.45, 7) is 6.94. The third-order valence-corrected chi connectivity index (χ3v) is 6.72. The molecule has 32 heavy (non-hydrogen) atoms. The van der Waals surface area contributed by atoms with Crippen LogP contribution in [0.5, 0.6) is 0 Å². The molecule has 7 heteroatoms. The smallest absolute Gasteiger partial charge is 0.233 e. The van der Waals surface area contributed by atoms with Crippen molar-refractivity contribution in [2.24, 2.45) is 0 Å². The number of carbonyl (C=O) groups is 1. The molecule has 1 saturated heterocycles. The second kappa shape index (κ2) is 8.39. The summed E-state index contributed by atoms with van der Waals surface area (Å²) < 4.78 is 1.96. The minimum Gasteiger partial charge on any atom is -0.358 e. The molecule has 4 heterocycles. The molecule has 2 N–H and O–H groups in total. The van der Waals surface area contributed by atoms with E-state index < -0.39 is 0 Å². The summed E-state index contributed by atoms with van der Waals surface area (Å²) >= 11 is 0. The van der Waals surface area contributed by atoms with Gasteiger partial charge >= 0.3 is 0 Å². The number of nitrogens with zero attached hydrogens (tertiary/aromatic N) is 4. The van der Waals surface area contributed by atoms with E-state index in [9.17, 15) is 4.79 Å². The number of hydrogen-bond donors (Lipinski definition) is 2. The highest BCUT2D eigenvalue weighted by Crippen LogP contribution is 2.38. The predicted octanol–water partition coefficient (Wildman–Crippen LogP) is 3.93. The molecule has 3 aromatic heterocycles. The first-order valence-corrected chi connectivity index (χ1v) is 11.4. The number of likely N-dealkylation sites (N-methyl/N-ethyl adjacent to an activating group) is 1. The molecule has 0 radical (unpaired) electrons. The van der Waals surface area contributed by atoms with Gasteiger partial charge in [-0.05, 0) is 73.2 Å². The van der Waals surface area contributed by atoms with Gasteiger partial charge in [0.05, 0.1) is 12.2 Å². The first-order valence-electron chi connectivity index (χ1n) is 11.4. The Bertz CT molecular complexity index is 1260. The van der Waals surface area contributed by atoms with Gasteiger partial charge in [0, 0.05) is 29.7 Å². The quantitative estimate of drug-likeness (QED) is 0.503. The molecule has 1 fully saturated rings. The summed E-state index contributed by atoms with van der Waals surface area (Å²) in [5, 5.41) is 12.2. The first-order chi connectivity index (χ1) is 15.5. The number of amides is 1. The van der Waals surface area contributed by atoms with E-state index >= 15 is 0 Å². The van der Waals surface area contributed by atoms with Crippen LogP contribution < -0.4 is 5.32 Å². The van der Waals surface area contributed by atoms with Crippen molar-refractivity contribution in [1.82, 2.24) is 29.8 Å². The van der Waals surface area contributed by atoms with Crippen LogP contribution in [0.1, 0.15) is 49.7 Å². The SMILES string of the molecule is CNC(=O)CN1CCC(c2ccc3[nH]c(-c4ccc5nncn5c4)c(C(C)C)c3c2)CC1. The molecule has 0 unspecified atom stereocenters. The maximum Gasteiger partial charge on any atom is 0.233 e. The number of benzene rings is 1. The second-order valence-electron chi connectivity index (χ2n) is 9.11. The van der Waals surface area contributed by atoms with Gasteiger partial charge in [-0.2, -0.15) is 0 Å². The van der Waals surface area contributed by atoms with E-state index in [1.807, 2.05) is 10.5 Å². The van der Waals surface area contributed by atoms with E-state index in [0.29, 0.717) is 18.4 Å². The number of likely N-dealkylation sites (tertiary alicyclic amines) is 1. The van der Waals surface area contributed by atoms with Gasteiger partial charge in [0.2, 0.25) is 5.91 Å². The highest BCUT2D eigenvalue weighted by Gasteiger charge is 2.23. The summed E-state index contributed by atoms with van der Waals surface area (Å²) in [6, 6.07) is 11.0. The molecular formula is C25H30N6O. The van der Waals surface area contributed by atoms with Gasteiger partial charge in [0.15, 0.2) is 5.65 Å². The van der Waals surface area contributed by atoms with Crippen LogP contribution in [0.2, 0.25) is 0 Å². The van der Waals surface area contributed by atoms with Crippen LogP contribution in [0, 0.1) is 0 Å². The van der Waals surface area contributed by atoms with E-state index in [4.69, 9.17) is 0 Å². The number of fused-ring (bicyclic) bond motifs is 2. The van der Waals surface area contributed by atoms with Crippen molar-refractivity contribution in [3.8, 4) is 11.3 Å². The lowest BCUT2D eigenvalue weighted by Gasteiger charge is -2.31. The van der Waals surface area contributed by atoms with Crippen molar-refractivity contribution in [2.75, 3.05) is 26.7 Å². The molecule has 1 aromatic carbocycles. The topological polar surface area (TPSA) is 78.3 Å². The largest absolute Gasteiger partial charge is 0.358 e. The zero-order valence-electron chi connectivity index (χ0n) is 18.9. The summed E-state index contributed by atoms with van der Waals surface area (Å²) in [5.74, 6) is 1.02. The number of piperidine rings is 1. The highest BCUT2D eigenvalue weighted by molar-refractivity contribution is 5.92. The van der Waals surface area contributed by atoms with Crippen LogP contribution in [0.4, 0.5) is 0 Å². The van der Waals surface area contributed by atoms with Gasteiger partial charge in [-0.15, -0.1) is 10.2 Å². The molecule has 0 atom stereocenters. The van der Waals surface area contributed by atoms with Crippen LogP contribution in [0.25, 0.3) is 27.8 Å². The molecule has 0 aliphatic carbocycles. The maximum absolute atomic E-state index is 11.7. The zero-order valence-corrected chi connectivity index (χ0v) is 18.9. The normalized spacial score (nSPS) is 15.8. The molecule has 1 aliphatic rings. The van der Waals surface area contributed by atoms with Gasteiger partial charge in [0.1, 0.15) is 6.33 Å². The highest BCUT2D eigenvalue weighted by atomic mass is 16.1. The van der Waals surface area contributed by atoms with Crippen molar-refractivity contribution in [2.45, 2.75) is 38.5 Å². The predicted molar refractivity (Wildman–Crippen MR) is 127 cm³/mol. The lowest BCUT2D eigenvalue weighted by molar-refractivity contribution is -0.122. The Morgan fingerprint density at radius 1 is 1.22 bits per heavy atom. The number of aromatic amines is 1. The van der Waals surface area contributed by atoms with Gasteiger partial charge in [-0.3, -0.25) is 14.1 Å². The molecule has 166 valence electrons. The van der Waals surface area contributed by atoms with E-state index in [1.165, 1.54) is 27.7 Å². The van der Waals surface area contributed by atoms with Crippen LogP contribution in [-0.4, -0.2) is 57.1 Å². The molecule has 0 spiro atoms. The molecule has 5 rings (SSSR count). The van der Waals surface area contributed by atoms with E-state index in [-0.39, 0.29) is 5.91 Å². The van der Waals surface area contributed by atoms with Crippen molar-refractivity contribution in [1.29, 1.82) is 0 Å². The van der Waals surface area contributed by atoms with Crippen molar-refractivity contribution in [3.63, 3.8) is 0 Å². The molecular weight excluding hydrogens is 400 g/mol. The molecule has 0 saturated carbocycles. The number of nitrogens with one attached hydrogen (secondary N) is 2. The Morgan fingerprint density at radius 2 is 2.03 bits per heavy atom. The average Bonchev–Trinajstić information content (AvgIpc) is 3.42. The van der Waals surface area contributed by atoms with Crippen LogP contribution in [0.3, 0.4) is 0 Å². The number of rotatable bonds is 5. The summed E-state index contributed by atoms with van der Waals surface area (Å²) in [4.78, 5) is 17.6. The minimum absolute atomic E-state index is 0.0935. The summed E-state index contributed by atoms with van der Waals surface area (Å²) in [7, 11) is 1.70. The molecule has 7 nitrogen and oxygen atoms in total. The van der Waals surface area contributed by atoms with Crippen molar-refractivity contribution in [3.05, 3.63) is 54.0 Å². The fourth-order valence-electron chi connectivity index (χ4n) is 4.99. The Hall–Kier alpha value is -3.19. The molecule has 1 aliphatic heterocycles. The standard InChI is InChI=1S/C25H30N6O/c1-16(2)24-20-12-18(17-8-10-30(11-9-17)14-23(32)26-3)4-6-21(20)28-25(24)19-5-7-22-29-27-15-31(22)13-19/h4-7,12-13,15-17,28H,8-11,14H2,1-3H3,(H,26,32). The fraction of sp³-hybridized carbons (Fsp3) is 0.400. The third-order valence-electron chi connectivity index (χ3n) is 6.72. The van der Waals surface area contributed by atoms with Gasteiger partial charge < -0.3 is 10.3 Å². The molecule has 1 amide bonds. The Morgan fingerprint density at radius 3 is 2.78 bits per heavy atom. The maximum atomic E-state index is 11.7. The van der Waals surface area contributed by atoms with Crippen LogP contribution in [-0.2, 0) is 4.79 Å². The van der Waals surface area contributed by atoms with E-state index in [1.54, 1.807) is 13.4 Å². The second-order valence-corrected chi connectivity index (χ2v) is 9.11. The molecule has 0 bridgehead atoms. The van der Waals surface area contributed by atoms with Gasteiger partial charge in [-0.1, -0.05) is 19.9 Å². The fourth-order valence-corrected chi connectivity index (χ4v) is 4.99.